The third-order valence-electron chi connectivity index (χ3n) is 4.04. The third-order valence-corrected chi connectivity index (χ3v) is 4.04. The maximum absolute atomic E-state index is 12.3. The quantitative estimate of drug-likeness (QED) is 0.381. The standard InChI is InChI=1S/C22H25N3O4/c1-4-7-20(17-10-12-19(28-2)13-11-17)24-25(16-26)15-22(27)23-14-18-8-5-6-9-21(18)29-3/h4-13,16H,14-15H2,1-3H3,(H,23,27)/b7-4-,24-20+. The topological polar surface area (TPSA) is 80.2 Å². The number of carbonyl (C=O) groups excluding carboxylic acids is 2. The molecule has 2 amide bonds. The Hall–Kier alpha value is -3.61. The van der Waals surface area contributed by atoms with Crippen molar-refractivity contribution >= 4 is 18.0 Å². The van der Waals surface area contributed by atoms with Gasteiger partial charge in [0, 0.05) is 17.7 Å². The van der Waals surface area contributed by atoms with Gasteiger partial charge in [-0.05, 0) is 43.3 Å². The number of allylic oxidation sites excluding steroid dienone is 2. The Morgan fingerprint density at radius 2 is 1.83 bits per heavy atom. The summed E-state index contributed by atoms with van der Waals surface area (Å²) < 4.78 is 10.4. The van der Waals surface area contributed by atoms with Gasteiger partial charge in [-0.15, -0.1) is 0 Å². The smallest absolute Gasteiger partial charge is 0.242 e. The molecule has 0 aliphatic rings. The van der Waals surface area contributed by atoms with Crippen LogP contribution in [0.25, 0.3) is 0 Å². The maximum atomic E-state index is 12.3. The number of methoxy groups -OCH3 is 2. The summed E-state index contributed by atoms with van der Waals surface area (Å²) >= 11 is 0. The summed E-state index contributed by atoms with van der Waals surface area (Å²) in [4.78, 5) is 23.7. The number of rotatable bonds is 10. The van der Waals surface area contributed by atoms with Crippen molar-refractivity contribution in [3.05, 3.63) is 71.8 Å². The Morgan fingerprint density at radius 3 is 2.45 bits per heavy atom. The van der Waals surface area contributed by atoms with Crippen LogP contribution in [0.5, 0.6) is 11.5 Å². The number of hydrazone groups is 1. The highest BCUT2D eigenvalue weighted by atomic mass is 16.5. The average Bonchev–Trinajstić information content (AvgIpc) is 2.77. The molecule has 0 spiro atoms. The second-order valence-electron chi connectivity index (χ2n) is 6.01. The van der Waals surface area contributed by atoms with Gasteiger partial charge in [0.05, 0.1) is 19.9 Å². The first-order chi connectivity index (χ1) is 14.1. The van der Waals surface area contributed by atoms with E-state index in [2.05, 4.69) is 10.4 Å². The molecule has 7 heteroatoms. The Morgan fingerprint density at radius 1 is 1.10 bits per heavy atom. The highest BCUT2D eigenvalue weighted by molar-refractivity contribution is 6.08. The highest BCUT2D eigenvalue weighted by Crippen LogP contribution is 2.16. The van der Waals surface area contributed by atoms with Crippen LogP contribution in [0.15, 0.2) is 65.8 Å². The molecule has 2 aromatic rings. The summed E-state index contributed by atoms with van der Waals surface area (Å²) in [6, 6.07) is 14.7. The number of carbonyl (C=O) groups is 2. The fourth-order valence-corrected chi connectivity index (χ4v) is 2.59. The molecule has 0 aliphatic heterocycles. The van der Waals surface area contributed by atoms with Crippen LogP contribution in [0.2, 0.25) is 0 Å². The molecule has 0 unspecified atom stereocenters. The predicted octanol–water partition coefficient (Wildman–Crippen LogP) is 2.76. The van der Waals surface area contributed by atoms with E-state index >= 15 is 0 Å². The molecule has 0 radical (unpaired) electrons. The lowest BCUT2D eigenvalue weighted by atomic mass is 10.1. The maximum Gasteiger partial charge on any atom is 0.242 e. The van der Waals surface area contributed by atoms with Crippen molar-refractivity contribution in [3.63, 3.8) is 0 Å². The van der Waals surface area contributed by atoms with E-state index in [4.69, 9.17) is 9.47 Å². The van der Waals surface area contributed by atoms with Crippen LogP contribution in [0.1, 0.15) is 18.1 Å². The van der Waals surface area contributed by atoms with E-state index in [1.54, 1.807) is 32.4 Å². The van der Waals surface area contributed by atoms with Crippen molar-refractivity contribution < 1.29 is 19.1 Å². The van der Waals surface area contributed by atoms with E-state index < -0.39 is 0 Å². The summed E-state index contributed by atoms with van der Waals surface area (Å²) in [7, 11) is 3.17. The SMILES string of the molecule is C/C=C\C(=N/N(C=O)CC(=O)NCc1ccccc1OC)c1ccc(OC)cc1. The molecular formula is C22H25N3O4. The molecule has 0 aromatic heterocycles. The zero-order valence-corrected chi connectivity index (χ0v) is 16.8. The number of nitrogens with one attached hydrogen (secondary N) is 1. The molecule has 0 bridgehead atoms. The van der Waals surface area contributed by atoms with Crippen molar-refractivity contribution in [2.24, 2.45) is 5.10 Å². The first-order valence-corrected chi connectivity index (χ1v) is 9.07. The third kappa shape index (κ3) is 6.49. The van der Waals surface area contributed by atoms with Gasteiger partial charge in [0.2, 0.25) is 12.3 Å². The van der Waals surface area contributed by atoms with Crippen LogP contribution < -0.4 is 14.8 Å². The van der Waals surface area contributed by atoms with Crippen molar-refractivity contribution in [3.8, 4) is 11.5 Å². The largest absolute Gasteiger partial charge is 0.497 e. The molecule has 0 aliphatic carbocycles. The monoisotopic (exact) mass is 395 g/mol. The minimum Gasteiger partial charge on any atom is -0.497 e. The zero-order chi connectivity index (χ0) is 21.1. The van der Waals surface area contributed by atoms with E-state index in [-0.39, 0.29) is 12.5 Å². The van der Waals surface area contributed by atoms with Gasteiger partial charge in [0.25, 0.3) is 0 Å². The van der Waals surface area contributed by atoms with Crippen molar-refractivity contribution in [2.75, 3.05) is 20.8 Å². The summed E-state index contributed by atoms with van der Waals surface area (Å²) in [6.45, 7) is 1.94. The van der Waals surface area contributed by atoms with Crippen LogP contribution >= 0.6 is 0 Å². The molecule has 0 fully saturated rings. The second kappa shape index (κ2) is 11.3. The van der Waals surface area contributed by atoms with Crippen LogP contribution in [0, 0.1) is 0 Å². The predicted molar refractivity (Wildman–Crippen MR) is 112 cm³/mol. The van der Waals surface area contributed by atoms with E-state index in [1.165, 1.54) is 0 Å². The number of benzene rings is 2. The number of hydrogen-bond donors (Lipinski definition) is 1. The average molecular weight is 395 g/mol. The van der Waals surface area contributed by atoms with Gasteiger partial charge in [-0.25, -0.2) is 5.01 Å². The Labute approximate surface area is 170 Å². The fourth-order valence-electron chi connectivity index (χ4n) is 2.59. The second-order valence-corrected chi connectivity index (χ2v) is 6.01. The minimum atomic E-state index is -0.332. The van der Waals surface area contributed by atoms with Gasteiger partial charge in [-0.3, -0.25) is 9.59 Å². The molecule has 152 valence electrons. The molecule has 2 rings (SSSR count). The lowest BCUT2D eigenvalue weighted by molar-refractivity contribution is -0.128. The fraction of sp³-hybridized carbons (Fsp3) is 0.227. The lowest BCUT2D eigenvalue weighted by Gasteiger charge is -2.14. The summed E-state index contributed by atoms with van der Waals surface area (Å²) in [6.07, 6.45) is 4.11. The summed E-state index contributed by atoms with van der Waals surface area (Å²) in [5.74, 6) is 1.07. The van der Waals surface area contributed by atoms with E-state index in [1.807, 2.05) is 49.4 Å². The van der Waals surface area contributed by atoms with Gasteiger partial charge < -0.3 is 14.8 Å². The zero-order valence-electron chi connectivity index (χ0n) is 16.8. The van der Waals surface area contributed by atoms with E-state index in [0.29, 0.717) is 24.4 Å². The van der Waals surface area contributed by atoms with Crippen molar-refractivity contribution in [2.45, 2.75) is 13.5 Å². The van der Waals surface area contributed by atoms with Gasteiger partial charge >= 0.3 is 0 Å². The number of nitrogens with zero attached hydrogens (tertiary/aromatic N) is 2. The first-order valence-electron chi connectivity index (χ1n) is 9.07. The van der Waals surface area contributed by atoms with Gasteiger partial charge in [0.1, 0.15) is 18.0 Å². The van der Waals surface area contributed by atoms with Crippen LogP contribution in [0.4, 0.5) is 0 Å². The molecule has 0 atom stereocenters. The number of para-hydroxylation sites is 1. The number of amides is 2. The highest BCUT2D eigenvalue weighted by Gasteiger charge is 2.11. The summed E-state index contributed by atoms with van der Waals surface area (Å²) in [5.41, 5.74) is 2.20. The van der Waals surface area contributed by atoms with Gasteiger partial charge in [0.15, 0.2) is 0 Å². The van der Waals surface area contributed by atoms with E-state index in [9.17, 15) is 9.59 Å². The molecule has 2 aromatic carbocycles. The van der Waals surface area contributed by atoms with E-state index in [0.717, 1.165) is 21.9 Å². The molecule has 0 saturated carbocycles. The van der Waals surface area contributed by atoms with Crippen LogP contribution in [0.3, 0.4) is 0 Å². The number of ether oxygens (including phenoxy) is 2. The van der Waals surface area contributed by atoms with Crippen molar-refractivity contribution in [1.29, 1.82) is 0 Å². The summed E-state index contributed by atoms with van der Waals surface area (Å²) in [5, 5.41) is 8.15. The Balaban J connectivity index is 2.07. The molecule has 1 N–H and O–H groups in total. The molecular weight excluding hydrogens is 370 g/mol. The Kier molecular flexibility index (Phi) is 8.44. The van der Waals surface area contributed by atoms with Gasteiger partial charge in [-0.2, -0.15) is 5.10 Å². The van der Waals surface area contributed by atoms with Crippen molar-refractivity contribution in [1.82, 2.24) is 10.3 Å². The minimum absolute atomic E-state index is 0.199. The molecule has 0 heterocycles. The van der Waals surface area contributed by atoms with Gasteiger partial charge in [-0.1, -0.05) is 24.3 Å². The molecule has 0 saturated heterocycles. The normalized spacial score (nSPS) is 11.2. The Bertz CT molecular complexity index is 876. The first kappa shape index (κ1) is 21.7. The molecule has 7 nitrogen and oxygen atoms in total. The lowest BCUT2D eigenvalue weighted by Crippen LogP contribution is -2.34. The van der Waals surface area contributed by atoms with Crippen LogP contribution in [-0.4, -0.2) is 43.8 Å². The van der Waals surface area contributed by atoms with Crippen LogP contribution in [-0.2, 0) is 16.1 Å². The molecule has 29 heavy (non-hydrogen) atoms. The number of hydrogen-bond acceptors (Lipinski definition) is 5.